The molecule has 0 radical (unpaired) electrons. The molecule has 1 fully saturated rings. The maximum atomic E-state index is 13.7. The lowest BCUT2D eigenvalue weighted by Crippen LogP contribution is -2.26. The smallest absolute Gasteiger partial charge is 0.314 e. The van der Waals surface area contributed by atoms with Crippen molar-refractivity contribution in [3.05, 3.63) is 34.1 Å². The number of aliphatic carboxylic acids is 1. The minimum atomic E-state index is -1.07. The summed E-state index contributed by atoms with van der Waals surface area (Å²) in [6.45, 7) is 3.70. The normalized spacial score (nSPS) is 26.5. The van der Waals surface area contributed by atoms with Crippen molar-refractivity contribution in [2.45, 2.75) is 25.7 Å². The molecule has 2 rings (SSSR count). The molecule has 0 spiro atoms. The van der Waals surface area contributed by atoms with Crippen LogP contribution in [-0.2, 0) is 10.2 Å². The first-order chi connectivity index (χ1) is 7.31. The molecule has 1 N–H and O–H groups in total. The maximum absolute atomic E-state index is 13.7. The fourth-order valence-electron chi connectivity index (χ4n) is 2.38. The van der Waals surface area contributed by atoms with Crippen molar-refractivity contribution < 1.29 is 14.3 Å². The summed E-state index contributed by atoms with van der Waals surface area (Å²) in [6.07, 6.45) is 0.475. The van der Waals surface area contributed by atoms with Crippen LogP contribution in [0, 0.1) is 11.2 Å². The van der Waals surface area contributed by atoms with Crippen molar-refractivity contribution in [2.24, 2.45) is 5.41 Å². The van der Waals surface area contributed by atoms with Gasteiger partial charge >= 0.3 is 5.97 Å². The zero-order chi connectivity index (χ0) is 12.1. The summed E-state index contributed by atoms with van der Waals surface area (Å²) in [5.74, 6) is -1.40. The van der Waals surface area contributed by atoms with Crippen molar-refractivity contribution in [3.8, 4) is 0 Å². The first-order valence-electron chi connectivity index (χ1n) is 5.00. The summed E-state index contributed by atoms with van der Waals surface area (Å²) in [5.41, 5.74) is -1.18. The third-order valence-corrected chi connectivity index (χ3v) is 3.98. The van der Waals surface area contributed by atoms with Gasteiger partial charge in [-0.25, -0.2) is 4.39 Å². The van der Waals surface area contributed by atoms with Crippen LogP contribution in [0.15, 0.2) is 22.7 Å². The predicted octanol–water partition coefficient (Wildman–Crippen LogP) is 3.34. The fraction of sp³-hybridized carbons (Fsp3) is 0.417. The second-order valence-electron chi connectivity index (χ2n) is 4.90. The van der Waals surface area contributed by atoms with Crippen molar-refractivity contribution in [3.63, 3.8) is 0 Å². The lowest BCUT2D eigenvalue weighted by molar-refractivity contribution is -0.141. The van der Waals surface area contributed by atoms with Gasteiger partial charge in [0.25, 0.3) is 0 Å². The Morgan fingerprint density at radius 2 is 2.06 bits per heavy atom. The van der Waals surface area contributed by atoms with Gasteiger partial charge in [0.05, 0.1) is 0 Å². The van der Waals surface area contributed by atoms with E-state index in [1.165, 1.54) is 6.07 Å². The number of hydrogen-bond donors (Lipinski definition) is 1. The molecule has 1 aliphatic carbocycles. The van der Waals surface area contributed by atoms with E-state index in [1.54, 1.807) is 12.1 Å². The van der Waals surface area contributed by atoms with Crippen LogP contribution in [0.3, 0.4) is 0 Å². The predicted molar refractivity (Wildman–Crippen MR) is 61.8 cm³/mol. The molecule has 0 heterocycles. The van der Waals surface area contributed by atoms with E-state index in [2.05, 4.69) is 15.9 Å². The summed E-state index contributed by atoms with van der Waals surface area (Å²) in [4.78, 5) is 11.4. The molecule has 1 aliphatic rings. The van der Waals surface area contributed by atoms with Crippen molar-refractivity contribution in [1.29, 1.82) is 0 Å². The minimum absolute atomic E-state index is 0.277. The van der Waals surface area contributed by atoms with Crippen LogP contribution >= 0.6 is 15.9 Å². The lowest BCUT2D eigenvalue weighted by Gasteiger charge is -2.17. The van der Waals surface area contributed by atoms with E-state index in [0.717, 1.165) is 0 Å². The van der Waals surface area contributed by atoms with Gasteiger partial charge in [0, 0.05) is 10.0 Å². The number of carboxylic acid groups (broad SMARTS) is 1. The van der Waals surface area contributed by atoms with Crippen LogP contribution in [0.1, 0.15) is 25.8 Å². The van der Waals surface area contributed by atoms with E-state index in [1.807, 2.05) is 13.8 Å². The third-order valence-electron chi connectivity index (χ3n) is 3.49. The highest BCUT2D eigenvalue weighted by Crippen LogP contribution is 2.65. The zero-order valence-corrected chi connectivity index (χ0v) is 10.6. The van der Waals surface area contributed by atoms with Crippen LogP contribution in [0.2, 0.25) is 0 Å². The van der Waals surface area contributed by atoms with E-state index in [4.69, 9.17) is 0 Å². The summed E-state index contributed by atoms with van der Waals surface area (Å²) in [5, 5.41) is 9.33. The first kappa shape index (κ1) is 11.6. The largest absolute Gasteiger partial charge is 0.481 e. The van der Waals surface area contributed by atoms with Crippen LogP contribution < -0.4 is 0 Å². The highest BCUT2D eigenvalue weighted by Gasteiger charge is 2.68. The van der Waals surface area contributed by atoms with Gasteiger partial charge in [-0.05, 0) is 30.0 Å². The number of hydrogen-bond acceptors (Lipinski definition) is 1. The maximum Gasteiger partial charge on any atom is 0.314 e. The zero-order valence-electron chi connectivity index (χ0n) is 9.05. The Morgan fingerprint density at radius 1 is 1.50 bits per heavy atom. The Morgan fingerprint density at radius 3 is 2.50 bits per heavy atom. The molecule has 2 nitrogen and oxygen atoms in total. The Kier molecular flexibility index (Phi) is 2.38. The topological polar surface area (TPSA) is 37.3 Å². The molecule has 4 heteroatoms. The molecule has 1 unspecified atom stereocenters. The number of benzene rings is 1. The van der Waals surface area contributed by atoms with Crippen LogP contribution in [0.25, 0.3) is 0 Å². The lowest BCUT2D eigenvalue weighted by atomic mass is 9.87. The van der Waals surface area contributed by atoms with E-state index >= 15 is 0 Å². The van der Waals surface area contributed by atoms with E-state index in [9.17, 15) is 14.3 Å². The van der Waals surface area contributed by atoms with Crippen molar-refractivity contribution >= 4 is 21.9 Å². The first-order valence-corrected chi connectivity index (χ1v) is 5.79. The molecular formula is C12H12BrFO2. The molecule has 0 aromatic heterocycles. The molecule has 1 saturated carbocycles. The summed E-state index contributed by atoms with van der Waals surface area (Å²) in [6, 6.07) is 4.44. The van der Waals surface area contributed by atoms with Crippen LogP contribution in [-0.4, -0.2) is 11.1 Å². The molecular weight excluding hydrogens is 275 g/mol. The van der Waals surface area contributed by atoms with Gasteiger partial charge in [-0.1, -0.05) is 29.8 Å². The molecule has 1 atom stereocenters. The molecule has 1 aromatic rings. The fourth-order valence-corrected chi connectivity index (χ4v) is 2.74. The van der Waals surface area contributed by atoms with Crippen LogP contribution in [0.4, 0.5) is 4.39 Å². The van der Waals surface area contributed by atoms with Gasteiger partial charge in [0.1, 0.15) is 11.2 Å². The number of halogens is 2. The Balaban J connectivity index is 2.59. The third kappa shape index (κ3) is 1.39. The van der Waals surface area contributed by atoms with Gasteiger partial charge in [0.15, 0.2) is 0 Å². The Bertz CT molecular complexity index is 470. The van der Waals surface area contributed by atoms with Crippen LogP contribution in [0.5, 0.6) is 0 Å². The highest BCUT2D eigenvalue weighted by atomic mass is 79.9. The van der Waals surface area contributed by atoms with Crippen molar-refractivity contribution in [2.75, 3.05) is 0 Å². The second-order valence-corrected chi connectivity index (χ2v) is 5.81. The average Bonchev–Trinajstić information content (AvgIpc) is 2.75. The highest BCUT2D eigenvalue weighted by molar-refractivity contribution is 9.10. The second kappa shape index (κ2) is 3.29. The summed E-state index contributed by atoms with van der Waals surface area (Å²) in [7, 11) is 0. The SMILES string of the molecule is CC1(C)CC1(C(=O)O)c1cc(Br)ccc1F. The van der Waals surface area contributed by atoms with Gasteiger partial charge in [-0.2, -0.15) is 0 Å². The van der Waals surface area contributed by atoms with Gasteiger partial charge < -0.3 is 5.11 Å². The van der Waals surface area contributed by atoms with Gasteiger partial charge in [-0.15, -0.1) is 0 Å². The number of carbonyl (C=O) groups is 1. The monoisotopic (exact) mass is 286 g/mol. The molecule has 0 saturated heterocycles. The minimum Gasteiger partial charge on any atom is -0.481 e. The molecule has 86 valence electrons. The average molecular weight is 287 g/mol. The number of rotatable bonds is 2. The Labute approximate surface area is 102 Å². The molecule has 0 bridgehead atoms. The summed E-state index contributed by atoms with van der Waals surface area (Å²) >= 11 is 3.24. The molecule has 0 amide bonds. The standard InChI is InChI=1S/C12H12BrFO2/c1-11(2)6-12(11,10(15)16)8-5-7(13)3-4-9(8)14/h3-5H,6H2,1-2H3,(H,15,16). The van der Waals surface area contributed by atoms with Gasteiger partial charge in [0.2, 0.25) is 0 Å². The quantitative estimate of drug-likeness (QED) is 0.905. The number of carboxylic acids is 1. The molecule has 1 aromatic carbocycles. The molecule has 0 aliphatic heterocycles. The van der Waals surface area contributed by atoms with Crippen molar-refractivity contribution in [1.82, 2.24) is 0 Å². The van der Waals surface area contributed by atoms with Gasteiger partial charge in [-0.3, -0.25) is 4.79 Å². The summed E-state index contributed by atoms with van der Waals surface area (Å²) < 4.78 is 14.4. The Hall–Kier alpha value is -0.900. The molecule has 16 heavy (non-hydrogen) atoms. The van der Waals surface area contributed by atoms with E-state index in [0.29, 0.717) is 10.9 Å². The van der Waals surface area contributed by atoms with E-state index in [-0.39, 0.29) is 11.0 Å². The van der Waals surface area contributed by atoms with E-state index < -0.39 is 17.2 Å².